The van der Waals surface area contributed by atoms with Crippen molar-refractivity contribution in [2.24, 2.45) is 0 Å². The molecule has 0 unspecified atom stereocenters. The number of nitrogens with zero attached hydrogens (tertiary/aromatic N) is 1. The molecule has 0 bridgehead atoms. The summed E-state index contributed by atoms with van der Waals surface area (Å²) in [5, 5.41) is 14.1. The highest BCUT2D eigenvalue weighted by Gasteiger charge is 2.16. The molecular weight excluding hydrogens is 340 g/mol. The number of carbonyl (C=O) groups excluding carboxylic acids is 1. The summed E-state index contributed by atoms with van der Waals surface area (Å²) in [6.07, 6.45) is 2.78. The quantitative estimate of drug-likeness (QED) is 0.400. The molecule has 0 saturated carbocycles. The minimum atomic E-state index is -0.464. The van der Waals surface area contributed by atoms with E-state index in [0.717, 1.165) is 11.1 Å². The van der Waals surface area contributed by atoms with Gasteiger partial charge >= 0.3 is 0 Å². The molecule has 27 heavy (non-hydrogen) atoms. The van der Waals surface area contributed by atoms with Crippen LogP contribution in [0.3, 0.4) is 0 Å². The molecular formula is C22H18N2O3. The summed E-state index contributed by atoms with van der Waals surface area (Å²) >= 11 is 0. The minimum Gasteiger partial charge on any atom is -0.342 e. The minimum absolute atomic E-state index is 0.0378. The molecule has 5 heteroatoms. The summed E-state index contributed by atoms with van der Waals surface area (Å²) in [6, 6.07) is 25.3. The number of carbonyl (C=O) groups is 1. The van der Waals surface area contributed by atoms with Gasteiger partial charge in [0.2, 0.25) is 5.91 Å². The molecule has 3 aromatic carbocycles. The maximum absolute atomic E-state index is 12.5. The first-order valence-corrected chi connectivity index (χ1v) is 8.47. The first kappa shape index (κ1) is 18.1. The molecule has 0 atom stereocenters. The number of amides is 1. The third-order valence-corrected chi connectivity index (χ3v) is 4.10. The van der Waals surface area contributed by atoms with E-state index < -0.39 is 4.92 Å². The standard InChI is InChI=1S/C22H18N2O3/c25-21(16-15-17-9-7-8-14-20(17)24(26)27)23-22(18-10-3-1-4-11-18)19-12-5-2-6-13-19/h1-16,22H,(H,23,25). The van der Waals surface area contributed by atoms with Crippen molar-refractivity contribution in [1.82, 2.24) is 5.32 Å². The van der Waals surface area contributed by atoms with Crippen LogP contribution in [0.1, 0.15) is 22.7 Å². The third kappa shape index (κ3) is 4.67. The summed E-state index contributed by atoms with van der Waals surface area (Å²) < 4.78 is 0. The van der Waals surface area contributed by atoms with E-state index in [-0.39, 0.29) is 17.6 Å². The van der Waals surface area contributed by atoms with Crippen LogP contribution in [0.4, 0.5) is 5.69 Å². The Morgan fingerprint density at radius 2 is 1.37 bits per heavy atom. The Balaban J connectivity index is 1.83. The number of hydrogen-bond acceptors (Lipinski definition) is 3. The van der Waals surface area contributed by atoms with Gasteiger partial charge in [-0.05, 0) is 23.3 Å². The second kappa shape index (κ2) is 8.58. The predicted octanol–water partition coefficient (Wildman–Crippen LogP) is 4.51. The van der Waals surface area contributed by atoms with Crippen LogP contribution in [0.5, 0.6) is 0 Å². The Morgan fingerprint density at radius 1 is 0.852 bits per heavy atom. The third-order valence-electron chi connectivity index (χ3n) is 4.10. The second-order valence-electron chi connectivity index (χ2n) is 5.91. The SMILES string of the molecule is O=C(C=Cc1ccccc1[N+](=O)[O-])NC(c1ccccc1)c1ccccc1. The van der Waals surface area contributed by atoms with E-state index in [2.05, 4.69) is 5.32 Å². The number of para-hydroxylation sites is 1. The van der Waals surface area contributed by atoms with Gasteiger partial charge in [-0.15, -0.1) is 0 Å². The van der Waals surface area contributed by atoms with E-state index in [1.807, 2.05) is 60.7 Å². The smallest absolute Gasteiger partial charge is 0.276 e. The molecule has 0 aliphatic rings. The molecule has 3 aromatic rings. The van der Waals surface area contributed by atoms with Crippen molar-refractivity contribution in [3.63, 3.8) is 0 Å². The molecule has 0 radical (unpaired) electrons. The summed E-state index contributed by atoms with van der Waals surface area (Å²) in [6.45, 7) is 0. The van der Waals surface area contributed by atoms with Crippen molar-refractivity contribution < 1.29 is 9.72 Å². The first-order valence-electron chi connectivity index (χ1n) is 8.47. The molecule has 0 saturated heterocycles. The summed E-state index contributed by atoms with van der Waals surface area (Å²) in [5.41, 5.74) is 2.25. The van der Waals surface area contributed by atoms with Crippen molar-refractivity contribution >= 4 is 17.7 Å². The Bertz CT molecular complexity index is 914. The summed E-state index contributed by atoms with van der Waals surface area (Å²) in [5.74, 6) is -0.328. The van der Waals surface area contributed by atoms with E-state index in [0.29, 0.717) is 5.56 Å². The van der Waals surface area contributed by atoms with Crippen molar-refractivity contribution in [2.45, 2.75) is 6.04 Å². The Kier molecular flexibility index (Phi) is 5.74. The number of rotatable bonds is 6. The fourth-order valence-electron chi connectivity index (χ4n) is 2.80. The Morgan fingerprint density at radius 3 is 1.93 bits per heavy atom. The maximum Gasteiger partial charge on any atom is 0.276 e. The number of hydrogen-bond donors (Lipinski definition) is 1. The highest BCUT2D eigenvalue weighted by Crippen LogP contribution is 2.22. The number of nitrogens with one attached hydrogen (secondary N) is 1. The van der Waals surface area contributed by atoms with E-state index in [9.17, 15) is 14.9 Å². The van der Waals surface area contributed by atoms with Crippen molar-refractivity contribution in [2.75, 3.05) is 0 Å². The van der Waals surface area contributed by atoms with Gasteiger partial charge in [0, 0.05) is 12.1 Å². The summed E-state index contributed by atoms with van der Waals surface area (Å²) in [7, 11) is 0. The lowest BCUT2D eigenvalue weighted by Gasteiger charge is -2.19. The van der Waals surface area contributed by atoms with Crippen molar-refractivity contribution in [3.05, 3.63) is 118 Å². The van der Waals surface area contributed by atoms with Gasteiger partial charge in [-0.3, -0.25) is 14.9 Å². The number of nitro benzene ring substituents is 1. The van der Waals surface area contributed by atoms with Crippen LogP contribution in [0, 0.1) is 10.1 Å². The number of benzene rings is 3. The molecule has 0 aliphatic heterocycles. The normalized spacial score (nSPS) is 10.9. The molecule has 0 heterocycles. The van der Waals surface area contributed by atoms with Crippen molar-refractivity contribution in [3.8, 4) is 0 Å². The molecule has 1 N–H and O–H groups in total. The molecule has 5 nitrogen and oxygen atoms in total. The lowest BCUT2D eigenvalue weighted by molar-refractivity contribution is -0.385. The second-order valence-corrected chi connectivity index (χ2v) is 5.91. The van der Waals surface area contributed by atoms with E-state index in [1.54, 1.807) is 18.2 Å². The average Bonchev–Trinajstić information content (AvgIpc) is 2.72. The molecule has 0 aliphatic carbocycles. The average molecular weight is 358 g/mol. The molecule has 3 rings (SSSR count). The highest BCUT2D eigenvalue weighted by molar-refractivity contribution is 5.92. The molecule has 0 fully saturated rings. The Hall–Kier alpha value is -3.73. The van der Waals surface area contributed by atoms with E-state index in [4.69, 9.17) is 0 Å². The molecule has 134 valence electrons. The molecule has 1 amide bonds. The van der Waals surface area contributed by atoms with Gasteiger partial charge in [0.25, 0.3) is 5.69 Å². The maximum atomic E-state index is 12.5. The van der Waals surface area contributed by atoms with Crippen LogP contribution < -0.4 is 5.32 Å². The highest BCUT2D eigenvalue weighted by atomic mass is 16.6. The van der Waals surface area contributed by atoms with Crippen LogP contribution in [-0.2, 0) is 4.79 Å². The van der Waals surface area contributed by atoms with Gasteiger partial charge in [0.15, 0.2) is 0 Å². The van der Waals surface area contributed by atoms with Crippen LogP contribution in [0.15, 0.2) is 91.0 Å². The van der Waals surface area contributed by atoms with Crippen LogP contribution in [0.25, 0.3) is 6.08 Å². The zero-order chi connectivity index (χ0) is 19.1. The van der Waals surface area contributed by atoms with Crippen LogP contribution in [-0.4, -0.2) is 10.8 Å². The van der Waals surface area contributed by atoms with Crippen molar-refractivity contribution in [1.29, 1.82) is 0 Å². The van der Waals surface area contributed by atoms with Gasteiger partial charge < -0.3 is 5.32 Å². The summed E-state index contributed by atoms with van der Waals surface area (Å²) in [4.78, 5) is 23.1. The lowest BCUT2D eigenvalue weighted by Crippen LogP contribution is -2.27. The van der Waals surface area contributed by atoms with E-state index >= 15 is 0 Å². The predicted molar refractivity (Wildman–Crippen MR) is 105 cm³/mol. The fourth-order valence-corrected chi connectivity index (χ4v) is 2.80. The Labute approximate surface area is 157 Å². The largest absolute Gasteiger partial charge is 0.342 e. The van der Waals surface area contributed by atoms with Gasteiger partial charge in [-0.25, -0.2) is 0 Å². The van der Waals surface area contributed by atoms with Gasteiger partial charge in [-0.2, -0.15) is 0 Å². The van der Waals surface area contributed by atoms with Gasteiger partial charge in [0.1, 0.15) is 0 Å². The number of nitro groups is 1. The zero-order valence-electron chi connectivity index (χ0n) is 14.5. The van der Waals surface area contributed by atoms with Crippen LogP contribution >= 0.6 is 0 Å². The molecule has 0 aromatic heterocycles. The van der Waals surface area contributed by atoms with Crippen LogP contribution in [0.2, 0.25) is 0 Å². The molecule has 0 spiro atoms. The topological polar surface area (TPSA) is 72.2 Å². The lowest BCUT2D eigenvalue weighted by atomic mass is 9.98. The van der Waals surface area contributed by atoms with E-state index in [1.165, 1.54) is 18.2 Å². The van der Waals surface area contributed by atoms with Gasteiger partial charge in [0.05, 0.1) is 16.5 Å². The zero-order valence-corrected chi connectivity index (χ0v) is 14.5. The van der Waals surface area contributed by atoms with Gasteiger partial charge in [-0.1, -0.05) is 72.8 Å². The monoisotopic (exact) mass is 358 g/mol. The fraction of sp³-hybridized carbons (Fsp3) is 0.0455. The first-order chi connectivity index (χ1) is 13.1.